The Morgan fingerprint density at radius 1 is 1.43 bits per heavy atom. The van der Waals surface area contributed by atoms with Crippen LogP contribution in [0.1, 0.15) is 29.9 Å². The van der Waals surface area contributed by atoms with Crippen LogP contribution < -0.4 is 11.3 Å². The second kappa shape index (κ2) is 6.51. The van der Waals surface area contributed by atoms with E-state index in [0.717, 1.165) is 23.9 Å². The van der Waals surface area contributed by atoms with Crippen LogP contribution in [0.2, 0.25) is 5.02 Å². The van der Waals surface area contributed by atoms with E-state index >= 15 is 0 Å². The lowest BCUT2D eigenvalue weighted by molar-refractivity contribution is 0.484. The molecule has 0 bridgehead atoms. The minimum atomic E-state index is -0.598. The summed E-state index contributed by atoms with van der Waals surface area (Å²) in [6.45, 7) is 4.36. The fourth-order valence-electron chi connectivity index (χ4n) is 2.30. The van der Waals surface area contributed by atoms with Gasteiger partial charge in [0.1, 0.15) is 11.6 Å². The van der Waals surface area contributed by atoms with Crippen LogP contribution in [0.5, 0.6) is 0 Å². The zero-order valence-corrected chi connectivity index (χ0v) is 12.6. The standard InChI is InChI=1S/C14H17ClF2N4/c1-3-21-13(14(15)8(2)20-21)7-12(19-18)10-6-9(16)4-5-11(10)17/h4-6,12,19H,3,7,18H2,1-2H3. The van der Waals surface area contributed by atoms with Crippen LogP contribution in [0, 0.1) is 18.6 Å². The molecule has 0 radical (unpaired) electrons. The molecule has 1 aromatic carbocycles. The number of nitrogens with one attached hydrogen (secondary N) is 1. The third kappa shape index (κ3) is 3.23. The first-order valence-electron chi connectivity index (χ1n) is 6.60. The van der Waals surface area contributed by atoms with Crippen LogP contribution in [-0.2, 0) is 13.0 Å². The molecular formula is C14H17ClF2N4. The highest BCUT2D eigenvalue weighted by Crippen LogP contribution is 2.27. The molecule has 0 aliphatic rings. The number of nitrogens with zero attached hydrogens (tertiary/aromatic N) is 2. The summed E-state index contributed by atoms with van der Waals surface area (Å²) >= 11 is 6.23. The molecule has 1 aromatic heterocycles. The van der Waals surface area contributed by atoms with Crippen molar-refractivity contribution >= 4 is 11.6 Å². The maximum absolute atomic E-state index is 13.9. The van der Waals surface area contributed by atoms with Gasteiger partial charge in [0.25, 0.3) is 0 Å². The maximum atomic E-state index is 13.9. The van der Waals surface area contributed by atoms with E-state index in [1.54, 1.807) is 11.6 Å². The first-order valence-corrected chi connectivity index (χ1v) is 6.98. The van der Waals surface area contributed by atoms with Gasteiger partial charge >= 0.3 is 0 Å². The van der Waals surface area contributed by atoms with Crippen LogP contribution in [-0.4, -0.2) is 9.78 Å². The van der Waals surface area contributed by atoms with Crippen molar-refractivity contribution in [1.29, 1.82) is 0 Å². The summed E-state index contributed by atoms with van der Waals surface area (Å²) in [6.07, 6.45) is 0.310. The van der Waals surface area contributed by atoms with Gasteiger partial charge in [0.2, 0.25) is 0 Å². The van der Waals surface area contributed by atoms with E-state index in [-0.39, 0.29) is 5.56 Å². The Morgan fingerprint density at radius 3 is 2.76 bits per heavy atom. The molecular weight excluding hydrogens is 298 g/mol. The van der Waals surface area contributed by atoms with Crippen LogP contribution >= 0.6 is 11.6 Å². The first-order chi connectivity index (χ1) is 9.97. The van der Waals surface area contributed by atoms with Gasteiger partial charge in [0.15, 0.2) is 0 Å². The molecule has 0 fully saturated rings. The smallest absolute Gasteiger partial charge is 0.128 e. The Hall–Kier alpha value is -1.50. The first kappa shape index (κ1) is 15.9. The number of rotatable bonds is 5. The maximum Gasteiger partial charge on any atom is 0.128 e. The number of nitrogens with two attached hydrogens (primary N) is 1. The largest absolute Gasteiger partial charge is 0.271 e. The van der Waals surface area contributed by atoms with E-state index in [9.17, 15) is 8.78 Å². The third-order valence-corrected chi connectivity index (χ3v) is 3.88. The lowest BCUT2D eigenvalue weighted by Crippen LogP contribution is -2.31. The number of hydrazine groups is 1. The molecule has 3 N–H and O–H groups in total. The molecule has 0 spiro atoms. The van der Waals surface area contributed by atoms with Crippen molar-refractivity contribution in [2.75, 3.05) is 0 Å². The summed E-state index contributed by atoms with van der Waals surface area (Å²) in [5, 5.41) is 4.82. The van der Waals surface area contributed by atoms with E-state index in [1.165, 1.54) is 0 Å². The fourth-order valence-corrected chi connectivity index (χ4v) is 2.51. The van der Waals surface area contributed by atoms with E-state index < -0.39 is 17.7 Å². The Bertz CT molecular complexity index is 642. The average Bonchev–Trinajstić information content (AvgIpc) is 2.74. The van der Waals surface area contributed by atoms with Crippen LogP contribution in [0.3, 0.4) is 0 Å². The summed E-state index contributed by atoms with van der Waals surface area (Å²) in [5.41, 5.74) is 4.12. The van der Waals surface area contributed by atoms with Gasteiger partial charge in [-0.1, -0.05) is 11.6 Å². The second-order valence-electron chi connectivity index (χ2n) is 4.75. The molecule has 0 amide bonds. The van der Waals surface area contributed by atoms with Crippen LogP contribution in [0.15, 0.2) is 18.2 Å². The van der Waals surface area contributed by atoms with Gasteiger partial charge in [0, 0.05) is 18.5 Å². The minimum absolute atomic E-state index is 0.162. The van der Waals surface area contributed by atoms with Crippen molar-refractivity contribution < 1.29 is 8.78 Å². The van der Waals surface area contributed by atoms with Crippen molar-refractivity contribution in [2.45, 2.75) is 32.9 Å². The fraction of sp³-hybridized carbons (Fsp3) is 0.357. The van der Waals surface area contributed by atoms with Gasteiger partial charge < -0.3 is 0 Å². The number of aromatic nitrogens is 2. The van der Waals surface area contributed by atoms with Gasteiger partial charge in [-0.25, -0.2) is 8.78 Å². The van der Waals surface area contributed by atoms with Gasteiger partial charge in [0.05, 0.1) is 22.5 Å². The highest BCUT2D eigenvalue weighted by molar-refractivity contribution is 6.31. The van der Waals surface area contributed by atoms with Crippen molar-refractivity contribution in [3.8, 4) is 0 Å². The monoisotopic (exact) mass is 314 g/mol. The quantitative estimate of drug-likeness (QED) is 0.659. The highest BCUT2D eigenvalue weighted by Gasteiger charge is 2.21. The topological polar surface area (TPSA) is 55.9 Å². The number of hydrogen-bond donors (Lipinski definition) is 2. The van der Waals surface area contributed by atoms with Gasteiger partial charge in [-0.2, -0.15) is 5.10 Å². The normalized spacial score (nSPS) is 12.7. The molecule has 0 aliphatic carbocycles. The van der Waals surface area contributed by atoms with Crippen molar-refractivity contribution in [3.63, 3.8) is 0 Å². The summed E-state index contributed by atoms with van der Waals surface area (Å²) < 4.78 is 28.9. The van der Waals surface area contributed by atoms with Crippen molar-refractivity contribution in [2.24, 2.45) is 5.84 Å². The molecule has 21 heavy (non-hydrogen) atoms. The lowest BCUT2D eigenvalue weighted by atomic mass is 10.0. The predicted octanol–water partition coefficient (Wildman–Crippen LogP) is 2.89. The Balaban J connectivity index is 2.38. The second-order valence-corrected chi connectivity index (χ2v) is 5.13. The molecule has 4 nitrogen and oxygen atoms in total. The molecule has 7 heteroatoms. The van der Waals surface area contributed by atoms with Crippen molar-refractivity contribution in [1.82, 2.24) is 15.2 Å². The number of aryl methyl sites for hydroxylation is 2. The van der Waals surface area contributed by atoms with Crippen molar-refractivity contribution in [3.05, 3.63) is 51.8 Å². The molecule has 1 heterocycles. The van der Waals surface area contributed by atoms with E-state index in [2.05, 4.69) is 10.5 Å². The molecule has 2 rings (SSSR count). The molecule has 114 valence electrons. The van der Waals surface area contributed by atoms with E-state index in [0.29, 0.717) is 23.7 Å². The SMILES string of the molecule is CCn1nc(C)c(Cl)c1CC(NN)c1cc(F)ccc1F. The Labute approximate surface area is 126 Å². The average molecular weight is 315 g/mol. The molecule has 0 saturated heterocycles. The van der Waals surface area contributed by atoms with E-state index in [4.69, 9.17) is 17.4 Å². The van der Waals surface area contributed by atoms with Gasteiger partial charge in [-0.05, 0) is 32.0 Å². The lowest BCUT2D eigenvalue weighted by Gasteiger charge is -2.18. The number of halogens is 3. The molecule has 1 unspecified atom stereocenters. The molecule has 0 saturated carbocycles. The van der Waals surface area contributed by atoms with Crippen LogP contribution in [0.25, 0.3) is 0 Å². The summed E-state index contributed by atoms with van der Waals surface area (Å²) in [7, 11) is 0. The predicted molar refractivity (Wildman–Crippen MR) is 77.8 cm³/mol. The Kier molecular flexibility index (Phi) is 4.92. The minimum Gasteiger partial charge on any atom is -0.271 e. The third-order valence-electron chi connectivity index (χ3n) is 3.38. The van der Waals surface area contributed by atoms with Crippen LogP contribution in [0.4, 0.5) is 8.78 Å². The molecule has 0 aliphatic heterocycles. The Morgan fingerprint density at radius 2 is 2.14 bits per heavy atom. The highest BCUT2D eigenvalue weighted by atomic mass is 35.5. The summed E-state index contributed by atoms with van der Waals surface area (Å²) in [4.78, 5) is 0. The summed E-state index contributed by atoms with van der Waals surface area (Å²) in [6, 6.07) is 2.69. The number of hydrogen-bond acceptors (Lipinski definition) is 3. The summed E-state index contributed by atoms with van der Waals surface area (Å²) in [5.74, 6) is 4.47. The van der Waals surface area contributed by atoms with Gasteiger partial charge in [-0.15, -0.1) is 0 Å². The number of benzene rings is 1. The zero-order valence-electron chi connectivity index (χ0n) is 11.8. The van der Waals surface area contributed by atoms with E-state index in [1.807, 2.05) is 6.92 Å². The van der Waals surface area contributed by atoms with Gasteiger partial charge in [-0.3, -0.25) is 16.0 Å². The molecule has 2 aromatic rings. The zero-order chi connectivity index (χ0) is 15.6. The molecule has 1 atom stereocenters.